The Hall–Kier alpha value is -2.34. The molecule has 0 amide bonds. The van der Waals surface area contributed by atoms with Gasteiger partial charge in [-0.1, -0.05) is 42.5 Å². The number of nitrogens with zero attached hydrogens (tertiary/aromatic N) is 1. The molecule has 0 fully saturated rings. The van der Waals surface area contributed by atoms with Gasteiger partial charge in [0.05, 0.1) is 16.9 Å². The van der Waals surface area contributed by atoms with Crippen molar-refractivity contribution >= 4 is 22.2 Å². The zero-order valence-corrected chi connectivity index (χ0v) is 12.1. The van der Waals surface area contributed by atoms with Crippen molar-refractivity contribution in [2.75, 3.05) is 5.32 Å². The second-order valence-corrected chi connectivity index (χ2v) is 5.43. The maximum Gasteiger partial charge on any atom is 0.418 e. The van der Waals surface area contributed by atoms with Crippen molar-refractivity contribution in [2.45, 2.75) is 6.18 Å². The van der Waals surface area contributed by atoms with Gasteiger partial charge in [-0.2, -0.15) is 13.2 Å². The molecule has 1 aromatic heterocycles. The Morgan fingerprint density at radius 3 is 2.32 bits per heavy atom. The fourth-order valence-corrected chi connectivity index (χ4v) is 2.76. The van der Waals surface area contributed by atoms with Crippen LogP contribution in [-0.2, 0) is 6.18 Å². The topological polar surface area (TPSA) is 24.9 Å². The van der Waals surface area contributed by atoms with Crippen molar-refractivity contribution < 1.29 is 13.2 Å². The molecular weight excluding hydrogens is 309 g/mol. The smallest absolute Gasteiger partial charge is 0.331 e. The normalized spacial score (nSPS) is 11.4. The number of anilines is 2. The van der Waals surface area contributed by atoms with Crippen LogP contribution in [0.5, 0.6) is 0 Å². The second-order valence-electron chi connectivity index (χ2n) is 4.57. The maximum absolute atomic E-state index is 13.0. The van der Waals surface area contributed by atoms with Gasteiger partial charge in [0.15, 0.2) is 5.13 Å². The molecule has 3 aromatic rings. The number of hydrogen-bond donors (Lipinski definition) is 1. The van der Waals surface area contributed by atoms with Crippen LogP contribution in [0.3, 0.4) is 0 Å². The van der Waals surface area contributed by atoms with Crippen LogP contribution in [0.1, 0.15) is 5.56 Å². The Balaban J connectivity index is 1.88. The highest BCUT2D eigenvalue weighted by Gasteiger charge is 2.33. The van der Waals surface area contributed by atoms with Crippen molar-refractivity contribution in [1.82, 2.24) is 4.98 Å². The largest absolute Gasteiger partial charge is 0.418 e. The first kappa shape index (κ1) is 14.6. The lowest BCUT2D eigenvalue weighted by Gasteiger charge is -2.12. The summed E-state index contributed by atoms with van der Waals surface area (Å²) in [6.07, 6.45) is -4.40. The molecular formula is C16H11F3N2S. The molecule has 22 heavy (non-hydrogen) atoms. The highest BCUT2D eigenvalue weighted by atomic mass is 32.1. The number of halogens is 3. The first-order valence-corrected chi connectivity index (χ1v) is 7.36. The Kier molecular flexibility index (Phi) is 3.85. The Morgan fingerprint density at radius 2 is 1.59 bits per heavy atom. The lowest BCUT2D eigenvalue weighted by atomic mass is 10.1. The molecule has 1 heterocycles. The average molecular weight is 320 g/mol. The van der Waals surface area contributed by atoms with Gasteiger partial charge in [-0.25, -0.2) is 4.98 Å². The summed E-state index contributed by atoms with van der Waals surface area (Å²) in [6.45, 7) is 0. The Morgan fingerprint density at radius 1 is 0.909 bits per heavy atom. The van der Waals surface area contributed by atoms with Crippen LogP contribution in [0.4, 0.5) is 24.0 Å². The van der Waals surface area contributed by atoms with E-state index in [2.05, 4.69) is 10.3 Å². The molecule has 0 saturated heterocycles. The standard InChI is InChI=1S/C16H11F3N2S/c17-16(18,19)12-8-4-5-9-13(12)20-15-21-14(10-22-15)11-6-2-1-3-7-11/h1-10H,(H,20,21). The van der Waals surface area contributed by atoms with Crippen molar-refractivity contribution in [3.8, 4) is 11.3 Å². The van der Waals surface area contributed by atoms with Crippen LogP contribution in [0.15, 0.2) is 60.0 Å². The van der Waals surface area contributed by atoms with E-state index in [0.29, 0.717) is 5.13 Å². The van der Waals surface area contributed by atoms with E-state index in [0.717, 1.165) is 17.3 Å². The quantitative estimate of drug-likeness (QED) is 0.682. The number of hydrogen-bond acceptors (Lipinski definition) is 3. The van der Waals surface area contributed by atoms with Crippen molar-refractivity contribution in [2.24, 2.45) is 0 Å². The molecule has 2 nitrogen and oxygen atoms in total. The van der Waals surface area contributed by atoms with Crippen molar-refractivity contribution in [1.29, 1.82) is 0 Å². The molecule has 0 saturated carbocycles. The van der Waals surface area contributed by atoms with Crippen LogP contribution in [0.2, 0.25) is 0 Å². The van der Waals surface area contributed by atoms with Crippen LogP contribution in [0, 0.1) is 0 Å². The van der Waals surface area contributed by atoms with Gasteiger partial charge in [-0.3, -0.25) is 0 Å². The van der Waals surface area contributed by atoms with E-state index in [9.17, 15) is 13.2 Å². The number of para-hydroxylation sites is 1. The molecule has 0 radical (unpaired) electrons. The third kappa shape index (κ3) is 3.12. The first-order valence-electron chi connectivity index (χ1n) is 6.48. The van der Waals surface area contributed by atoms with E-state index in [1.54, 1.807) is 6.07 Å². The van der Waals surface area contributed by atoms with Gasteiger partial charge in [-0.05, 0) is 12.1 Å². The number of thiazole rings is 1. The molecule has 6 heteroatoms. The predicted molar refractivity (Wildman–Crippen MR) is 82.3 cm³/mol. The first-order chi connectivity index (χ1) is 10.5. The molecule has 0 spiro atoms. The summed E-state index contributed by atoms with van der Waals surface area (Å²) in [6, 6.07) is 14.9. The van der Waals surface area contributed by atoms with Crippen molar-refractivity contribution in [3.63, 3.8) is 0 Å². The van der Waals surface area contributed by atoms with Gasteiger partial charge in [0.1, 0.15) is 0 Å². The number of rotatable bonds is 3. The molecule has 0 bridgehead atoms. The SMILES string of the molecule is FC(F)(F)c1ccccc1Nc1nc(-c2ccccc2)cs1. The highest BCUT2D eigenvalue weighted by molar-refractivity contribution is 7.14. The molecule has 112 valence electrons. The van der Waals surface area contributed by atoms with E-state index in [4.69, 9.17) is 0 Å². The van der Waals surface area contributed by atoms with E-state index in [-0.39, 0.29) is 5.69 Å². The average Bonchev–Trinajstić information content (AvgIpc) is 2.96. The molecule has 0 unspecified atom stereocenters. The Labute approximate surface area is 129 Å². The highest BCUT2D eigenvalue weighted by Crippen LogP contribution is 2.36. The number of nitrogens with one attached hydrogen (secondary N) is 1. The van der Waals surface area contributed by atoms with Gasteiger partial charge in [0, 0.05) is 10.9 Å². The summed E-state index contributed by atoms with van der Waals surface area (Å²) in [4.78, 5) is 4.34. The van der Waals surface area contributed by atoms with E-state index >= 15 is 0 Å². The third-order valence-electron chi connectivity index (χ3n) is 3.05. The van der Waals surface area contributed by atoms with Gasteiger partial charge in [0.2, 0.25) is 0 Å². The fourth-order valence-electron chi connectivity index (χ4n) is 2.03. The van der Waals surface area contributed by atoms with Crippen LogP contribution < -0.4 is 5.32 Å². The number of alkyl halides is 3. The van der Waals surface area contributed by atoms with E-state index < -0.39 is 11.7 Å². The maximum atomic E-state index is 13.0. The van der Waals surface area contributed by atoms with E-state index in [1.165, 1.54) is 23.5 Å². The number of aromatic nitrogens is 1. The third-order valence-corrected chi connectivity index (χ3v) is 3.81. The molecule has 1 N–H and O–H groups in total. The summed E-state index contributed by atoms with van der Waals surface area (Å²) < 4.78 is 38.9. The molecule has 0 aliphatic rings. The summed E-state index contributed by atoms with van der Waals surface area (Å²) in [7, 11) is 0. The van der Waals surface area contributed by atoms with Crippen LogP contribution >= 0.6 is 11.3 Å². The van der Waals surface area contributed by atoms with Gasteiger partial charge in [0.25, 0.3) is 0 Å². The zero-order chi connectivity index (χ0) is 15.6. The van der Waals surface area contributed by atoms with Gasteiger partial charge >= 0.3 is 6.18 Å². The van der Waals surface area contributed by atoms with E-state index in [1.807, 2.05) is 35.7 Å². The molecule has 3 rings (SSSR count). The molecule has 2 aromatic carbocycles. The molecule has 0 aliphatic carbocycles. The lowest BCUT2D eigenvalue weighted by Crippen LogP contribution is -2.08. The minimum absolute atomic E-state index is 0.00367. The monoisotopic (exact) mass is 320 g/mol. The minimum atomic E-state index is -4.40. The zero-order valence-electron chi connectivity index (χ0n) is 11.3. The van der Waals surface area contributed by atoms with Gasteiger partial charge in [-0.15, -0.1) is 11.3 Å². The van der Waals surface area contributed by atoms with Gasteiger partial charge < -0.3 is 5.32 Å². The fraction of sp³-hybridized carbons (Fsp3) is 0.0625. The Bertz CT molecular complexity index is 766. The van der Waals surface area contributed by atoms with Crippen LogP contribution in [0.25, 0.3) is 11.3 Å². The summed E-state index contributed by atoms with van der Waals surface area (Å²) in [5.41, 5.74) is 0.962. The second kappa shape index (κ2) is 5.81. The number of benzene rings is 2. The van der Waals surface area contributed by atoms with Crippen LogP contribution in [-0.4, -0.2) is 4.98 Å². The predicted octanol–water partition coefficient (Wildman–Crippen LogP) is 5.57. The summed E-state index contributed by atoms with van der Waals surface area (Å²) in [5, 5.41) is 5.00. The lowest BCUT2D eigenvalue weighted by molar-refractivity contribution is -0.136. The summed E-state index contributed by atoms with van der Waals surface area (Å²) >= 11 is 1.27. The van der Waals surface area contributed by atoms with Crippen molar-refractivity contribution in [3.05, 3.63) is 65.5 Å². The molecule has 0 atom stereocenters. The molecule has 0 aliphatic heterocycles. The minimum Gasteiger partial charge on any atom is -0.331 e. The summed E-state index contributed by atoms with van der Waals surface area (Å²) in [5.74, 6) is 0.